The molecule has 0 spiro atoms. The van der Waals surface area contributed by atoms with Gasteiger partial charge in [0.05, 0.1) is 19.3 Å². The molecule has 8 unspecified atom stereocenters. The number of quaternary nitrogens is 3. The number of hydrogen-bond acceptors (Lipinski definition) is 16. The summed E-state index contributed by atoms with van der Waals surface area (Å²) in [6.07, 6.45) is -10.2. The van der Waals surface area contributed by atoms with E-state index in [4.69, 9.17) is 39.3 Å². The molecule has 1 rings (SSSR count). The molecule has 0 radical (unpaired) electrons. The highest BCUT2D eigenvalue weighted by Crippen LogP contribution is 2.28. The summed E-state index contributed by atoms with van der Waals surface area (Å²) in [6, 6.07) is 0. The van der Waals surface area contributed by atoms with Gasteiger partial charge in [-0.25, -0.2) is 36.1 Å². The van der Waals surface area contributed by atoms with Gasteiger partial charge in [0.1, 0.15) is 32.3 Å². The predicted octanol–water partition coefficient (Wildman–Crippen LogP) is -6.35. The minimum absolute atomic E-state index is 0.529. The van der Waals surface area contributed by atoms with E-state index in [1.807, 2.05) is 0 Å². The van der Waals surface area contributed by atoms with Gasteiger partial charge in [0.25, 0.3) is 0 Å². The number of carbonyl (C=O) groups is 4. The number of rotatable bonds is 15. The van der Waals surface area contributed by atoms with Gasteiger partial charge in [0, 0.05) is 6.08 Å². The quantitative estimate of drug-likeness (QED) is 0.0437. The van der Waals surface area contributed by atoms with Crippen LogP contribution in [0, 0.1) is 15.6 Å². The zero-order valence-corrected chi connectivity index (χ0v) is 19.3. The second-order valence-electron chi connectivity index (χ2n) is 7.44. The Kier molecular flexibility index (Phi) is 14.0. The van der Waals surface area contributed by atoms with Crippen LogP contribution in [0.15, 0.2) is 12.7 Å². The first-order valence-corrected chi connectivity index (χ1v) is 10.7. The predicted molar refractivity (Wildman–Crippen MR) is 108 cm³/mol. The SMILES string of the molecule is C=CC(=O)OC1C(COC(=O)CC[NH+]([O-])O)OC(O)C(OC(=O)CC[NH+]([O-])O)C1OC(=O)CC[NH+]([O-])O. The van der Waals surface area contributed by atoms with Crippen LogP contribution < -0.4 is 15.7 Å². The van der Waals surface area contributed by atoms with Crippen LogP contribution in [0.1, 0.15) is 19.3 Å². The number of hydroxylamine groups is 6. The van der Waals surface area contributed by atoms with Crippen LogP contribution in [0.3, 0.4) is 0 Å². The molecule has 19 heteroatoms. The number of aliphatic hydroxyl groups is 1. The minimum Gasteiger partial charge on any atom is -0.600 e. The molecular weight excluding hydrogens is 514 g/mol. The van der Waals surface area contributed by atoms with Crippen molar-refractivity contribution < 1.29 is 79.3 Å². The van der Waals surface area contributed by atoms with Crippen molar-refractivity contribution in [1.82, 2.24) is 0 Å². The summed E-state index contributed by atoms with van der Waals surface area (Å²) in [7, 11) is 0. The normalized spacial score (nSPS) is 25.8. The maximum Gasteiger partial charge on any atom is 0.330 e. The summed E-state index contributed by atoms with van der Waals surface area (Å²) < 4.78 is 25.4. The number of carbonyl (C=O) groups excluding carboxylic acids is 4. The van der Waals surface area contributed by atoms with Crippen molar-refractivity contribution in [2.45, 2.75) is 50.0 Å². The first kappa shape index (κ1) is 32.2. The third-order valence-electron chi connectivity index (χ3n) is 4.60. The van der Waals surface area contributed by atoms with E-state index in [9.17, 15) is 39.9 Å². The van der Waals surface area contributed by atoms with Crippen LogP contribution in [-0.4, -0.2) is 102 Å². The lowest BCUT2D eigenvalue weighted by molar-refractivity contribution is -1.05. The third-order valence-corrected chi connectivity index (χ3v) is 4.60. The van der Waals surface area contributed by atoms with E-state index in [2.05, 4.69) is 6.58 Å². The Bertz CT molecular complexity index is 778. The highest BCUT2D eigenvalue weighted by Gasteiger charge is 2.52. The lowest BCUT2D eigenvalue weighted by Crippen LogP contribution is -3.04. The molecular formula is C18H29N3O16. The Morgan fingerprint density at radius 1 is 0.784 bits per heavy atom. The molecule has 212 valence electrons. The van der Waals surface area contributed by atoms with Gasteiger partial charge in [-0.2, -0.15) is 0 Å². The lowest BCUT2D eigenvalue weighted by atomic mass is 9.98. The molecule has 1 fully saturated rings. The van der Waals surface area contributed by atoms with Gasteiger partial charge in [-0.3, -0.25) is 14.4 Å². The maximum absolute atomic E-state index is 12.3. The van der Waals surface area contributed by atoms with E-state index in [0.717, 1.165) is 0 Å². The number of ether oxygens (including phenoxy) is 5. The van der Waals surface area contributed by atoms with E-state index in [-0.39, 0.29) is 0 Å². The Balaban J connectivity index is 3.18. The van der Waals surface area contributed by atoms with E-state index in [1.165, 1.54) is 0 Å². The van der Waals surface area contributed by atoms with Gasteiger partial charge < -0.3 is 44.4 Å². The third kappa shape index (κ3) is 12.3. The van der Waals surface area contributed by atoms with Crippen LogP contribution in [0.25, 0.3) is 0 Å². The highest BCUT2D eigenvalue weighted by atomic mass is 16.8. The molecule has 1 aliphatic rings. The average molecular weight is 543 g/mol. The van der Waals surface area contributed by atoms with Gasteiger partial charge in [0.15, 0.2) is 24.6 Å². The molecule has 7 N–H and O–H groups in total. The smallest absolute Gasteiger partial charge is 0.330 e. The van der Waals surface area contributed by atoms with Crippen molar-refractivity contribution in [3.8, 4) is 0 Å². The standard InChI is InChI=1S/C18H29N3O16/c1-2-11(22)35-15-10(9-33-12(23)3-6-19(27)28)34-18(26)17(37-14(25)5-8-21(31)32)16(15)36-13(24)4-7-20(29)30/h2,10,15-21,26-27,29,31H,1,3-9H2. The van der Waals surface area contributed by atoms with Gasteiger partial charge >= 0.3 is 23.9 Å². The van der Waals surface area contributed by atoms with E-state index < -0.39 is 116 Å². The molecule has 1 heterocycles. The van der Waals surface area contributed by atoms with Gasteiger partial charge in [-0.1, -0.05) is 6.58 Å². The second kappa shape index (κ2) is 16.1. The lowest BCUT2D eigenvalue weighted by Gasteiger charge is -2.42. The number of nitrogens with one attached hydrogen (secondary N) is 3. The first-order valence-electron chi connectivity index (χ1n) is 10.7. The number of esters is 4. The molecule has 0 aromatic rings. The number of hydrogen-bond donors (Lipinski definition) is 7. The van der Waals surface area contributed by atoms with Gasteiger partial charge in [-0.15, -0.1) is 0 Å². The fraction of sp³-hybridized carbons (Fsp3) is 0.667. The zero-order valence-electron chi connectivity index (χ0n) is 19.3. The van der Waals surface area contributed by atoms with Crippen LogP contribution >= 0.6 is 0 Å². The van der Waals surface area contributed by atoms with E-state index in [1.54, 1.807) is 0 Å². The highest BCUT2D eigenvalue weighted by molar-refractivity contribution is 5.81. The van der Waals surface area contributed by atoms with Crippen molar-refractivity contribution >= 4 is 23.9 Å². The minimum atomic E-state index is -2.08. The van der Waals surface area contributed by atoms with Crippen molar-refractivity contribution in [1.29, 1.82) is 0 Å². The summed E-state index contributed by atoms with van der Waals surface area (Å²) in [6.45, 7) is 0.606. The molecule has 0 amide bonds. The van der Waals surface area contributed by atoms with E-state index in [0.29, 0.717) is 6.08 Å². The fourth-order valence-corrected chi connectivity index (χ4v) is 2.91. The van der Waals surface area contributed by atoms with Crippen molar-refractivity contribution in [3.63, 3.8) is 0 Å². The number of aliphatic hydroxyl groups excluding tert-OH is 1. The van der Waals surface area contributed by atoms with Crippen LogP contribution in [-0.2, 0) is 42.9 Å². The van der Waals surface area contributed by atoms with Gasteiger partial charge in [0.2, 0.25) is 0 Å². The molecule has 1 saturated heterocycles. The molecule has 0 bridgehead atoms. The Labute approximate surface area is 208 Å². The average Bonchev–Trinajstić information content (AvgIpc) is 2.82. The molecule has 1 aliphatic heterocycles. The van der Waals surface area contributed by atoms with Crippen LogP contribution in [0.4, 0.5) is 0 Å². The van der Waals surface area contributed by atoms with Gasteiger partial charge in [-0.05, 0) is 0 Å². The molecule has 0 saturated carbocycles. The van der Waals surface area contributed by atoms with Crippen LogP contribution in [0.2, 0.25) is 0 Å². The fourth-order valence-electron chi connectivity index (χ4n) is 2.91. The molecule has 19 nitrogen and oxygen atoms in total. The Morgan fingerprint density at radius 3 is 1.70 bits per heavy atom. The van der Waals surface area contributed by atoms with Crippen molar-refractivity contribution in [2.75, 3.05) is 26.2 Å². The molecule has 0 aromatic carbocycles. The molecule has 0 aliphatic carbocycles. The maximum atomic E-state index is 12.3. The summed E-state index contributed by atoms with van der Waals surface area (Å²) in [5.41, 5.74) is 0. The summed E-state index contributed by atoms with van der Waals surface area (Å²) in [5.74, 6) is -4.42. The Morgan fingerprint density at radius 2 is 1.24 bits per heavy atom. The summed E-state index contributed by atoms with van der Waals surface area (Å²) in [4.78, 5) is 48.1. The molecule has 0 aromatic heterocycles. The topological polar surface area (TPSA) is 278 Å². The first-order chi connectivity index (χ1) is 17.3. The molecule has 8 atom stereocenters. The summed E-state index contributed by atoms with van der Waals surface area (Å²) in [5, 5.41) is 64.8. The summed E-state index contributed by atoms with van der Waals surface area (Å²) >= 11 is 0. The van der Waals surface area contributed by atoms with Crippen LogP contribution in [0.5, 0.6) is 0 Å². The van der Waals surface area contributed by atoms with Crippen molar-refractivity contribution in [2.24, 2.45) is 0 Å². The van der Waals surface area contributed by atoms with Crippen molar-refractivity contribution in [3.05, 3.63) is 28.3 Å². The monoisotopic (exact) mass is 543 g/mol. The largest absolute Gasteiger partial charge is 0.600 e. The Hall–Kier alpha value is -2.82. The zero-order chi connectivity index (χ0) is 28.1. The second-order valence-corrected chi connectivity index (χ2v) is 7.44. The molecule has 37 heavy (non-hydrogen) atoms. The van der Waals surface area contributed by atoms with E-state index >= 15 is 0 Å².